The molecule has 5 nitrogen and oxygen atoms in total. The molecule has 3 atom stereocenters. The lowest BCUT2D eigenvalue weighted by Gasteiger charge is -2.27. The van der Waals surface area contributed by atoms with Gasteiger partial charge in [-0.15, -0.1) is 11.3 Å². The van der Waals surface area contributed by atoms with E-state index >= 15 is 0 Å². The maximum Gasteiger partial charge on any atom is 0.223 e. The fourth-order valence-electron chi connectivity index (χ4n) is 3.98. The third-order valence-corrected chi connectivity index (χ3v) is 7.22. The maximum absolute atomic E-state index is 12.8. The van der Waals surface area contributed by atoms with Gasteiger partial charge in [0.2, 0.25) is 5.91 Å². The van der Waals surface area contributed by atoms with Crippen LogP contribution in [0.2, 0.25) is 0 Å². The minimum absolute atomic E-state index is 0.0160. The van der Waals surface area contributed by atoms with Crippen LogP contribution in [0.1, 0.15) is 36.9 Å². The van der Waals surface area contributed by atoms with Gasteiger partial charge in [-0.05, 0) is 50.6 Å². The number of aryl methyl sites for hydroxylation is 1. The van der Waals surface area contributed by atoms with Gasteiger partial charge in [-0.25, -0.2) is 4.98 Å². The molecule has 0 spiro atoms. The second-order valence-corrected chi connectivity index (χ2v) is 9.89. The van der Waals surface area contributed by atoms with Crippen molar-refractivity contribution in [2.24, 2.45) is 5.92 Å². The van der Waals surface area contributed by atoms with Crippen LogP contribution in [0.25, 0.3) is 10.2 Å². The minimum Gasteiger partial charge on any atom is -0.497 e. The number of halogens is 1. The lowest BCUT2D eigenvalue weighted by molar-refractivity contribution is -0.129. The predicted molar refractivity (Wildman–Crippen MR) is 123 cm³/mol. The molecule has 0 N–H and O–H groups in total. The van der Waals surface area contributed by atoms with E-state index in [4.69, 9.17) is 9.47 Å². The van der Waals surface area contributed by atoms with E-state index in [1.807, 2.05) is 48.2 Å². The molecule has 7 heteroatoms. The molecule has 1 fully saturated rings. The van der Waals surface area contributed by atoms with Crippen molar-refractivity contribution < 1.29 is 14.3 Å². The van der Waals surface area contributed by atoms with E-state index in [1.165, 1.54) is 0 Å². The van der Waals surface area contributed by atoms with Crippen molar-refractivity contribution in [3.05, 3.63) is 51.4 Å². The number of rotatable bonds is 6. The summed E-state index contributed by atoms with van der Waals surface area (Å²) < 4.78 is 13.6. The highest BCUT2D eigenvalue weighted by Crippen LogP contribution is 2.37. The second-order valence-electron chi connectivity index (χ2n) is 7.77. The molecule has 0 radical (unpaired) electrons. The largest absolute Gasteiger partial charge is 0.497 e. The van der Waals surface area contributed by atoms with Gasteiger partial charge in [0.15, 0.2) is 0 Å². The molecule has 1 aromatic heterocycles. The Morgan fingerprint density at radius 2 is 1.97 bits per heavy atom. The molecule has 30 heavy (non-hydrogen) atoms. The highest BCUT2D eigenvalue weighted by Gasteiger charge is 2.37. The summed E-state index contributed by atoms with van der Waals surface area (Å²) in [5, 5.41) is 1.01. The first-order valence-electron chi connectivity index (χ1n) is 10.0. The van der Waals surface area contributed by atoms with Gasteiger partial charge in [-0.2, -0.15) is 0 Å². The zero-order valence-electron chi connectivity index (χ0n) is 17.5. The van der Waals surface area contributed by atoms with E-state index in [0.717, 1.165) is 36.8 Å². The number of carbonyl (C=O) groups is 1. The number of methoxy groups -OCH3 is 1. The molecule has 1 aliphatic heterocycles. The van der Waals surface area contributed by atoms with Crippen LogP contribution < -0.4 is 9.47 Å². The number of aromatic nitrogens is 1. The van der Waals surface area contributed by atoms with Crippen molar-refractivity contribution in [2.75, 3.05) is 13.7 Å². The molecule has 4 rings (SSSR count). The zero-order chi connectivity index (χ0) is 21.4. The number of hydrogen-bond acceptors (Lipinski definition) is 5. The third kappa shape index (κ3) is 4.18. The van der Waals surface area contributed by atoms with E-state index in [9.17, 15) is 4.79 Å². The molecule has 0 bridgehead atoms. The Balaban J connectivity index is 1.48. The summed E-state index contributed by atoms with van der Waals surface area (Å²) >= 11 is 5.19. The summed E-state index contributed by atoms with van der Waals surface area (Å²) in [4.78, 5) is 19.3. The van der Waals surface area contributed by atoms with Gasteiger partial charge in [0.1, 0.15) is 17.6 Å². The van der Waals surface area contributed by atoms with Crippen molar-refractivity contribution in [3.63, 3.8) is 0 Å². The fourth-order valence-corrected chi connectivity index (χ4v) is 5.26. The summed E-state index contributed by atoms with van der Waals surface area (Å²) in [5.74, 6) is 1.96. The van der Waals surface area contributed by atoms with Crippen LogP contribution in [0.4, 0.5) is 0 Å². The predicted octanol–water partition coefficient (Wildman–Crippen LogP) is 5.75. The molecule has 0 saturated carbocycles. The molecule has 158 valence electrons. The molecule has 2 aromatic carbocycles. The monoisotopic (exact) mass is 488 g/mol. The Morgan fingerprint density at radius 3 is 2.67 bits per heavy atom. The number of benzene rings is 2. The highest BCUT2D eigenvalue weighted by molar-refractivity contribution is 9.10. The summed E-state index contributed by atoms with van der Waals surface area (Å²) in [6.07, 6.45) is 0.419. The zero-order valence-corrected chi connectivity index (χ0v) is 19.9. The van der Waals surface area contributed by atoms with Crippen LogP contribution in [0.5, 0.6) is 11.5 Å². The normalized spacial score (nSPS) is 18.6. The SMILES string of the molecule is COc1ccc(C(C)N2C[C@H](C(C)Oc3cc(Br)cc4nc(C)sc34)CC2=O)cc1. The van der Waals surface area contributed by atoms with Crippen LogP contribution in [0.15, 0.2) is 40.9 Å². The van der Waals surface area contributed by atoms with Gasteiger partial charge in [0.05, 0.1) is 28.4 Å². The van der Waals surface area contributed by atoms with Crippen LogP contribution in [0.3, 0.4) is 0 Å². The molecular formula is C23H25BrN2O3S. The van der Waals surface area contributed by atoms with Crippen molar-refractivity contribution >= 4 is 43.4 Å². The molecule has 3 aromatic rings. The van der Waals surface area contributed by atoms with Crippen molar-refractivity contribution in [2.45, 2.75) is 39.3 Å². The van der Waals surface area contributed by atoms with Gasteiger partial charge < -0.3 is 14.4 Å². The van der Waals surface area contributed by atoms with Gasteiger partial charge in [0, 0.05) is 23.4 Å². The van der Waals surface area contributed by atoms with Crippen LogP contribution in [-0.2, 0) is 4.79 Å². The molecule has 0 aliphatic carbocycles. The first-order chi connectivity index (χ1) is 14.4. The summed E-state index contributed by atoms with van der Waals surface area (Å²) in [7, 11) is 1.65. The van der Waals surface area contributed by atoms with Gasteiger partial charge >= 0.3 is 0 Å². The number of likely N-dealkylation sites (tertiary alicyclic amines) is 1. The lowest BCUT2D eigenvalue weighted by atomic mass is 10.0. The van der Waals surface area contributed by atoms with E-state index in [-0.39, 0.29) is 24.0 Å². The quantitative estimate of drug-likeness (QED) is 0.442. The van der Waals surface area contributed by atoms with Gasteiger partial charge in [0.25, 0.3) is 0 Å². The molecule has 1 aliphatic rings. The van der Waals surface area contributed by atoms with Crippen LogP contribution >= 0.6 is 27.3 Å². The molecule has 1 amide bonds. The fraction of sp³-hybridized carbons (Fsp3) is 0.391. The minimum atomic E-state index is -0.0816. The smallest absolute Gasteiger partial charge is 0.223 e. The molecule has 2 heterocycles. The Labute approximate surface area is 189 Å². The number of nitrogens with zero attached hydrogens (tertiary/aromatic N) is 2. The van der Waals surface area contributed by atoms with Crippen LogP contribution in [-0.4, -0.2) is 35.5 Å². The van der Waals surface area contributed by atoms with Gasteiger partial charge in [-0.3, -0.25) is 4.79 Å². The lowest BCUT2D eigenvalue weighted by Crippen LogP contribution is -2.31. The Hall–Kier alpha value is -2.12. The van der Waals surface area contributed by atoms with Crippen molar-refractivity contribution in [1.82, 2.24) is 9.88 Å². The average molecular weight is 489 g/mol. The Kier molecular flexibility index (Phi) is 6.02. The van der Waals surface area contributed by atoms with E-state index in [0.29, 0.717) is 13.0 Å². The van der Waals surface area contributed by atoms with Gasteiger partial charge in [-0.1, -0.05) is 28.1 Å². The molecule has 2 unspecified atom stereocenters. The topological polar surface area (TPSA) is 51.7 Å². The molecule has 1 saturated heterocycles. The average Bonchev–Trinajstić information content (AvgIpc) is 3.29. The molecular weight excluding hydrogens is 464 g/mol. The standard InChI is InChI=1S/C23H25BrN2O3S/c1-13(16-5-7-19(28-4)8-6-16)26-12-17(9-22(26)27)14(2)29-21-11-18(24)10-20-23(21)30-15(3)25-20/h5-8,10-11,13-14,17H,9,12H2,1-4H3/t13?,14?,17-/m1/s1. The van der Waals surface area contributed by atoms with Crippen LogP contribution in [0, 0.1) is 12.8 Å². The number of thiazole rings is 1. The summed E-state index contributed by atoms with van der Waals surface area (Å²) in [6.45, 7) is 6.82. The highest BCUT2D eigenvalue weighted by atomic mass is 79.9. The second kappa shape index (κ2) is 8.55. The third-order valence-electron chi connectivity index (χ3n) is 5.76. The Bertz CT molecular complexity index is 1070. The van der Waals surface area contributed by atoms with E-state index < -0.39 is 0 Å². The number of fused-ring (bicyclic) bond motifs is 1. The van der Waals surface area contributed by atoms with E-state index in [1.54, 1.807) is 18.4 Å². The number of hydrogen-bond donors (Lipinski definition) is 0. The maximum atomic E-state index is 12.8. The van der Waals surface area contributed by atoms with E-state index in [2.05, 4.69) is 34.8 Å². The number of carbonyl (C=O) groups excluding carboxylic acids is 1. The van der Waals surface area contributed by atoms with Crippen molar-refractivity contribution in [3.8, 4) is 11.5 Å². The number of amides is 1. The Morgan fingerprint density at radius 1 is 1.23 bits per heavy atom. The first-order valence-corrected chi connectivity index (χ1v) is 11.6. The number of ether oxygens (including phenoxy) is 2. The summed E-state index contributed by atoms with van der Waals surface area (Å²) in [6, 6.07) is 11.9. The first kappa shape index (κ1) is 21.1. The van der Waals surface area contributed by atoms with Crippen molar-refractivity contribution in [1.29, 1.82) is 0 Å². The summed E-state index contributed by atoms with van der Waals surface area (Å²) in [5.41, 5.74) is 2.04.